The number of unbranched alkanes of at least 4 members (excludes halogenated alkanes) is 1. The number of carbonyl (C=O) groups is 1. The van der Waals surface area contributed by atoms with E-state index in [1.807, 2.05) is 25.2 Å². The van der Waals surface area contributed by atoms with E-state index >= 15 is 0 Å². The quantitative estimate of drug-likeness (QED) is 0.318. The average Bonchev–Trinajstić information content (AvgIpc) is 2.57. The van der Waals surface area contributed by atoms with Gasteiger partial charge in [-0.25, -0.2) is 0 Å². The molecule has 0 bridgehead atoms. The summed E-state index contributed by atoms with van der Waals surface area (Å²) in [6, 6.07) is 0. The summed E-state index contributed by atoms with van der Waals surface area (Å²) in [4.78, 5) is 11.8. The maximum Gasteiger partial charge on any atom is 0.250 e. The zero-order valence-corrected chi connectivity index (χ0v) is 15.5. The highest BCUT2D eigenvalue weighted by molar-refractivity contribution is 5.95. The normalized spacial score (nSPS) is 14.8. The van der Waals surface area contributed by atoms with Gasteiger partial charge in [0.25, 0.3) is 5.91 Å². The number of carbonyl (C=O) groups excluding carboxylic acids is 1. The van der Waals surface area contributed by atoms with Crippen LogP contribution in [0.25, 0.3) is 0 Å². The lowest BCUT2D eigenvalue weighted by Crippen LogP contribution is -2.25. The van der Waals surface area contributed by atoms with Gasteiger partial charge < -0.3 is 11.1 Å². The summed E-state index contributed by atoms with van der Waals surface area (Å²) in [6.45, 7) is 11.4. The minimum atomic E-state index is -0.0946. The molecule has 0 spiro atoms. The maximum atomic E-state index is 11.8. The van der Waals surface area contributed by atoms with E-state index in [1.165, 1.54) is 0 Å². The van der Waals surface area contributed by atoms with Crippen LogP contribution in [-0.2, 0) is 4.79 Å². The Balaban J connectivity index is 3.82. The highest BCUT2D eigenvalue weighted by atomic mass is 16.1. The Morgan fingerprint density at radius 2 is 1.75 bits per heavy atom. The lowest BCUT2D eigenvalue weighted by molar-refractivity contribution is -0.117. The molecule has 3 N–H and O–H groups in total. The van der Waals surface area contributed by atoms with Gasteiger partial charge >= 0.3 is 0 Å². The predicted octanol–water partition coefficient (Wildman–Crippen LogP) is 4.30. The maximum absolute atomic E-state index is 11.8. The van der Waals surface area contributed by atoms with Crippen LogP contribution >= 0.6 is 0 Å². The number of hydrogen-bond donors (Lipinski definition) is 2. The first kappa shape index (κ1) is 22.1. The van der Waals surface area contributed by atoms with Crippen molar-refractivity contribution in [3.8, 4) is 0 Å². The number of hydrogen-bond acceptors (Lipinski definition) is 2. The molecular formula is C21H34N2O. The SMILES string of the molecule is C=C(/C=C\C=C/C)C(=O)NCCCCC(C)/C=C\C=C/C(C)CN. The molecule has 24 heavy (non-hydrogen) atoms. The lowest BCUT2D eigenvalue weighted by Gasteiger charge is -2.07. The van der Waals surface area contributed by atoms with Crippen molar-refractivity contribution in [1.82, 2.24) is 5.32 Å². The summed E-state index contributed by atoms with van der Waals surface area (Å²) in [5.41, 5.74) is 6.05. The van der Waals surface area contributed by atoms with Crippen molar-refractivity contribution in [2.75, 3.05) is 13.1 Å². The van der Waals surface area contributed by atoms with E-state index in [4.69, 9.17) is 5.73 Å². The molecule has 0 saturated heterocycles. The Kier molecular flexibility index (Phi) is 13.6. The van der Waals surface area contributed by atoms with Crippen LogP contribution in [0.3, 0.4) is 0 Å². The molecule has 0 radical (unpaired) electrons. The van der Waals surface area contributed by atoms with Gasteiger partial charge in [0, 0.05) is 12.1 Å². The zero-order chi connectivity index (χ0) is 18.2. The molecule has 0 aliphatic rings. The molecule has 0 aliphatic heterocycles. The predicted molar refractivity (Wildman–Crippen MR) is 106 cm³/mol. The summed E-state index contributed by atoms with van der Waals surface area (Å²) >= 11 is 0. The Hall–Kier alpha value is -1.87. The van der Waals surface area contributed by atoms with Crippen LogP contribution in [0.5, 0.6) is 0 Å². The van der Waals surface area contributed by atoms with Gasteiger partial charge in [-0.1, -0.05) is 75.5 Å². The Morgan fingerprint density at radius 1 is 1.08 bits per heavy atom. The second-order valence-electron chi connectivity index (χ2n) is 6.12. The smallest absolute Gasteiger partial charge is 0.250 e. The third-order valence-electron chi connectivity index (χ3n) is 3.63. The van der Waals surface area contributed by atoms with Crippen molar-refractivity contribution in [3.05, 3.63) is 60.8 Å². The molecule has 0 aromatic rings. The summed E-state index contributed by atoms with van der Waals surface area (Å²) in [5, 5.41) is 2.90. The average molecular weight is 331 g/mol. The number of rotatable bonds is 12. The van der Waals surface area contributed by atoms with Gasteiger partial charge in [-0.15, -0.1) is 0 Å². The van der Waals surface area contributed by atoms with Crippen LogP contribution in [0.4, 0.5) is 0 Å². The van der Waals surface area contributed by atoms with E-state index in [0.717, 1.165) is 19.3 Å². The van der Waals surface area contributed by atoms with Crippen LogP contribution in [-0.4, -0.2) is 19.0 Å². The minimum Gasteiger partial charge on any atom is -0.352 e. The molecule has 0 saturated carbocycles. The van der Waals surface area contributed by atoms with Crippen molar-refractivity contribution < 1.29 is 4.79 Å². The van der Waals surface area contributed by atoms with Crippen LogP contribution in [0, 0.1) is 11.8 Å². The van der Waals surface area contributed by atoms with Crippen molar-refractivity contribution in [1.29, 1.82) is 0 Å². The summed E-state index contributed by atoms with van der Waals surface area (Å²) in [6.07, 6.45) is 19.0. The number of allylic oxidation sites excluding steroid dienone is 6. The molecule has 3 nitrogen and oxygen atoms in total. The molecule has 0 fully saturated rings. The first-order valence-corrected chi connectivity index (χ1v) is 8.82. The van der Waals surface area contributed by atoms with Gasteiger partial charge in [0.05, 0.1) is 0 Å². The van der Waals surface area contributed by atoms with Crippen molar-refractivity contribution in [2.24, 2.45) is 17.6 Å². The fraction of sp³-hybridized carbons (Fsp3) is 0.476. The van der Waals surface area contributed by atoms with E-state index in [-0.39, 0.29) is 5.91 Å². The van der Waals surface area contributed by atoms with E-state index in [0.29, 0.717) is 30.5 Å². The molecule has 2 atom stereocenters. The number of nitrogens with one attached hydrogen (secondary N) is 1. The molecule has 1 amide bonds. The fourth-order valence-electron chi connectivity index (χ4n) is 1.95. The Labute approximate surface area is 148 Å². The van der Waals surface area contributed by atoms with Crippen LogP contribution < -0.4 is 11.1 Å². The van der Waals surface area contributed by atoms with Crippen LogP contribution in [0.2, 0.25) is 0 Å². The molecule has 0 heterocycles. The lowest BCUT2D eigenvalue weighted by atomic mass is 10.0. The first-order valence-electron chi connectivity index (χ1n) is 8.82. The van der Waals surface area contributed by atoms with E-state index in [9.17, 15) is 4.79 Å². The Morgan fingerprint density at radius 3 is 2.38 bits per heavy atom. The van der Waals surface area contributed by atoms with Crippen molar-refractivity contribution in [3.63, 3.8) is 0 Å². The number of nitrogens with two attached hydrogens (primary N) is 1. The molecule has 0 rings (SSSR count). The first-order chi connectivity index (χ1) is 11.5. The summed E-state index contributed by atoms with van der Waals surface area (Å²) in [7, 11) is 0. The van der Waals surface area contributed by atoms with Gasteiger partial charge in [-0.05, 0) is 38.1 Å². The van der Waals surface area contributed by atoms with Gasteiger partial charge in [-0.3, -0.25) is 4.79 Å². The summed E-state index contributed by atoms with van der Waals surface area (Å²) in [5.74, 6) is 0.872. The van der Waals surface area contributed by atoms with E-state index < -0.39 is 0 Å². The molecule has 134 valence electrons. The van der Waals surface area contributed by atoms with Gasteiger partial charge in [0.2, 0.25) is 0 Å². The topological polar surface area (TPSA) is 55.1 Å². The molecule has 2 unspecified atom stereocenters. The summed E-state index contributed by atoms with van der Waals surface area (Å²) < 4.78 is 0. The van der Waals surface area contributed by atoms with Gasteiger partial charge in [0.1, 0.15) is 0 Å². The minimum absolute atomic E-state index is 0.0946. The standard InChI is InChI=1S/C21H34N2O/c1-5-6-7-15-20(4)21(24)23-16-11-10-13-18(2)12-8-9-14-19(3)17-22/h5-9,12,14-15,18-19H,4,10-11,13,16-17,22H2,1-3H3,(H,23,24)/b6-5-,12-8-,14-9-,15-7-. The monoisotopic (exact) mass is 330 g/mol. The third kappa shape index (κ3) is 12.7. The van der Waals surface area contributed by atoms with Crippen LogP contribution in [0.1, 0.15) is 40.0 Å². The van der Waals surface area contributed by atoms with Gasteiger partial charge in [-0.2, -0.15) is 0 Å². The van der Waals surface area contributed by atoms with Crippen molar-refractivity contribution in [2.45, 2.75) is 40.0 Å². The molecule has 3 heteroatoms. The molecule has 0 aromatic heterocycles. The highest BCUT2D eigenvalue weighted by Gasteiger charge is 2.02. The largest absolute Gasteiger partial charge is 0.352 e. The van der Waals surface area contributed by atoms with E-state index in [2.05, 4.69) is 50.0 Å². The third-order valence-corrected chi connectivity index (χ3v) is 3.63. The van der Waals surface area contributed by atoms with Crippen molar-refractivity contribution >= 4 is 5.91 Å². The highest BCUT2D eigenvalue weighted by Crippen LogP contribution is 2.09. The molecular weight excluding hydrogens is 296 g/mol. The second-order valence-corrected chi connectivity index (χ2v) is 6.12. The zero-order valence-electron chi connectivity index (χ0n) is 15.5. The number of amides is 1. The van der Waals surface area contributed by atoms with E-state index in [1.54, 1.807) is 6.08 Å². The fourth-order valence-corrected chi connectivity index (χ4v) is 1.95. The molecule has 0 aliphatic carbocycles. The van der Waals surface area contributed by atoms with Gasteiger partial charge in [0.15, 0.2) is 0 Å². The Bertz CT molecular complexity index is 472. The second kappa shape index (κ2) is 14.7. The molecule has 0 aromatic carbocycles. The van der Waals surface area contributed by atoms with Crippen LogP contribution in [0.15, 0.2) is 60.8 Å².